The lowest BCUT2D eigenvalue weighted by molar-refractivity contribution is 0.144. The Bertz CT molecular complexity index is 438. The van der Waals surface area contributed by atoms with Gasteiger partial charge in [-0.25, -0.2) is 4.99 Å². The SMILES string of the molecule is Cc1ccccc1NC1=NC(C)(C)CC(C)O1. The average molecular weight is 232 g/mol. The van der Waals surface area contributed by atoms with Crippen LogP contribution in [0.1, 0.15) is 32.8 Å². The first kappa shape index (κ1) is 12.0. The molecule has 0 radical (unpaired) electrons. The van der Waals surface area contributed by atoms with Crippen LogP contribution < -0.4 is 5.32 Å². The lowest BCUT2D eigenvalue weighted by Gasteiger charge is -2.31. The fourth-order valence-electron chi connectivity index (χ4n) is 2.17. The van der Waals surface area contributed by atoms with E-state index in [-0.39, 0.29) is 11.6 Å². The fourth-order valence-corrected chi connectivity index (χ4v) is 2.17. The summed E-state index contributed by atoms with van der Waals surface area (Å²) >= 11 is 0. The van der Waals surface area contributed by atoms with Crippen molar-refractivity contribution in [1.82, 2.24) is 0 Å². The molecule has 2 rings (SSSR count). The summed E-state index contributed by atoms with van der Waals surface area (Å²) in [4.78, 5) is 4.58. The van der Waals surface area contributed by atoms with Gasteiger partial charge < -0.3 is 10.1 Å². The van der Waals surface area contributed by atoms with Crippen molar-refractivity contribution in [1.29, 1.82) is 0 Å². The van der Waals surface area contributed by atoms with Crippen molar-refractivity contribution in [3.05, 3.63) is 29.8 Å². The molecule has 0 fully saturated rings. The highest BCUT2D eigenvalue weighted by Gasteiger charge is 2.28. The molecule has 1 heterocycles. The highest BCUT2D eigenvalue weighted by molar-refractivity contribution is 5.90. The van der Waals surface area contributed by atoms with Crippen molar-refractivity contribution in [2.45, 2.75) is 45.8 Å². The monoisotopic (exact) mass is 232 g/mol. The zero-order chi connectivity index (χ0) is 12.5. The van der Waals surface area contributed by atoms with E-state index >= 15 is 0 Å². The number of rotatable bonds is 1. The Balaban J connectivity index is 2.19. The number of aliphatic imine (C=N–C) groups is 1. The molecular weight excluding hydrogens is 212 g/mol. The van der Waals surface area contributed by atoms with E-state index in [9.17, 15) is 0 Å². The predicted molar refractivity (Wildman–Crippen MR) is 71.5 cm³/mol. The standard InChI is InChI=1S/C14H20N2O/c1-10-7-5-6-8-12(10)15-13-16-14(3,4)9-11(2)17-13/h5-8,11H,9H2,1-4H3,(H,15,16). The van der Waals surface area contributed by atoms with Crippen molar-refractivity contribution in [2.24, 2.45) is 4.99 Å². The maximum Gasteiger partial charge on any atom is 0.290 e. The van der Waals surface area contributed by atoms with E-state index in [0.717, 1.165) is 12.1 Å². The molecule has 0 aromatic heterocycles. The largest absolute Gasteiger partial charge is 0.462 e. The van der Waals surface area contributed by atoms with Gasteiger partial charge in [0.2, 0.25) is 0 Å². The Kier molecular flexibility index (Phi) is 3.09. The first-order valence-electron chi connectivity index (χ1n) is 6.05. The van der Waals surface area contributed by atoms with Crippen LogP contribution in [0.2, 0.25) is 0 Å². The van der Waals surface area contributed by atoms with Crippen molar-refractivity contribution in [3.63, 3.8) is 0 Å². The molecule has 3 heteroatoms. The number of amidine groups is 1. The summed E-state index contributed by atoms with van der Waals surface area (Å²) in [5.74, 6) is 0. The van der Waals surface area contributed by atoms with Crippen LogP contribution in [0.3, 0.4) is 0 Å². The van der Waals surface area contributed by atoms with Crippen LogP contribution in [-0.4, -0.2) is 17.7 Å². The second-order valence-corrected chi connectivity index (χ2v) is 5.30. The van der Waals surface area contributed by atoms with E-state index in [1.807, 2.05) is 18.2 Å². The van der Waals surface area contributed by atoms with Gasteiger partial charge in [0, 0.05) is 12.1 Å². The Morgan fingerprint density at radius 2 is 2.06 bits per heavy atom. The van der Waals surface area contributed by atoms with E-state index in [1.165, 1.54) is 5.56 Å². The van der Waals surface area contributed by atoms with Crippen molar-refractivity contribution in [2.75, 3.05) is 5.32 Å². The zero-order valence-corrected chi connectivity index (χ0v) is 10.9. The molecule has 0 saturated carbocycles. The van der Waals surface area contributed by atoms with Crippen molar-refractivity contribution in [3.8, 4) is 0 Å². The number of aryl methyl sites for hydroxylation is 1. The summed E-state index contributed by atoms with van der Waals surface area (Å²) in [6.45, 7) is 8.41. The zero-order valence-electron chi connectivity index (χ0n) is 10.9. The van der Waals surface area contributed by atoms with E-state index in [1.54, 1.807) is 0 Å². The summed E-state index contributed by atoms with van der Waals surface area (Å²) in [6.07, 6.45) is 1.15. The van der Waals surface area contributed by atoms with Gasteiger partial charge in [0.25, 0.3) is 6.02 Å². The van der Waals surface area contributed by atoms with Crippen LogP contribution in [0.25, 0.3) is 0 Å². The number of hydrogen-bond acceptors (Lipinski definition) is 3. The maximum absolute atomic E-state index is 5.72. The van der Waals surface area contributed by atoms with Crippen molar-refractivity contribution >= 4 is 11.7 Å². The summed E-state index contributed by atoms with van der Waals surface area (Å²) in [6, 6.07) is 8.76. The molecule has 0 saturated heterocycles. The molecule has 0 bridgehead atoms. The number of ether oxygens (including phenoxy) is 1. The molecule has 0 amide bonds. The molecule has 3 nitrogen and oxygen atoms in total. The van der Waals surface area contributed by atoms with Gasteiger partial charge in [-0.15, -0.1) is 0 Å². The van der Waals surface area contributed by atoms with E-state index in [0.29, 0.717) is 6.02 Å². The number of para-hydroxylation sites is 1. The number of nitrogens with one attached hydrogen (secondary N) is 1. The highest BCUT2D eigenvalue weighted by Crippen LogP contribution is 2.24. The molecule has 1 atom stereocenters. The second-order valence-electron chi connectivity index (χ2n) is 5.30. The predicted octanol–water partition coefficient (Wildman–Crippen LogP) is 3.35. The summed E-state index contributed by atoms with van der Waals surface area (Å²) in [5.41, 5.74) is 2.19. The van der Waals surface area contributed by atoms with E-state index in [2.05, 4.69) is 44.1 Å². The molecule has 1 unspecified atom stereocenters. The molecule has 1 N–H and O–H groups in total. The third-order valence-electron chi connectivity index (χ3n) is 2.89. The maximum atomic E-state index is 5.72. The summed E-state index contributed by atoms with van der Waals surface area (Å²) in [7, 11) is 0. The molecule has 1 aromatic rings. The molecular formula is C14H20N2O. The lowest BCUT2D eigenvalue weighted by atomic mass is 9.97. The Morgan fingerprint density at radius 1 is 1.35 bits per heavy atom. The van der Waals surface area contributed by atoms with Gasteiger partial charge in [-0.2, -0.15) is 0 Å². The van der Waals surface area contributed by atoms with Gasteiger partial charge >= 0.3 is 0 Å². The molecule has 1 aliphatic heterocycles. The summed E-state index contributed by atoms with van der Waals surface area (Å²) < 4.78 is 5.72. The second kappa shape index (κ2) is 4.40. The van der Waals surface area contributed by atoms with Crippen LogP contribution in [0, 0.1) is 6.92 Å². The van der Waals surface area contributed by atoms with Crippen LogP contribution in [0.5, 0.6) is 0 Å². The normalized spacial score (nSPS) is 22.6. The number of hydrogen-bond donors (Lipinski definition) is 1. The number of benzene rings is 1. The number of anilines is 1. The van der Waals surface area contributed by atoms with Crippen molar-refractivity contribution < 1.29 is 4.74 Å². The van der Waals surface area contributed by atoms with Crippen LogP contribution in [0.15, 0.2) is 29.3 Å². The van der Waals surface area contributed by atoms with Crippen LogP contribution in [-0.2, 0) is 4.74 Å². The smallest absolute Gasteiger partial charge is 0.290 e. The van der Waals surface area contributed by atoms with Crippen LogP contribution >= 0.6 is 0 Å². The van der Waals surface area contributed by atoms with Gasteiger partial charge in [-0.05, 0) is 39.3 Å². The van der Waals surface area contributed by atoms with Gasteiger partial charge in [0.15, 0.2) is 0 Å². The Labute approximate surface area is 103 Å². The first-order valence-corrected chi connectivity index (χ1v) is 6.05. The molecule has 92 valence electrons. The van der Waals surface area contributed by atoms with Gasteiger partial charge in [-0.1, -0.05) is 18.2 Å². The van der Waals surface area contributed by atoms with E-state index < -0.39 is 0 Å². The molecule has 0 aliphatic carbocycles. The minimum absolute atomic E-state index is 0.0529. The Morgan fingerprint density at radius 3 is 2.71 bits per heavy atom. The third kappa shape index (κ3) is 2.99. The summed E-state index contributed by atoms with van der Waals surface area (Å²) in [5, 5.41) is 3.26. The minimum Gasteiger partial charge on any atom is -0.462 e. The van der Waals surface area contributed by atoms with E-state index in [4.69, 9.17) is 4.74 Å². The van der Waals surface area contributed by atoms with Gasteiger partial charge in [0.1, 0.15) is 6.10 Å². The number of nitrogens with zero attached hydrogens (tertiary/aromatic N) is 1. The molecule has 1 aromatic carbocycles. The molecule has 1 aliphatic rings. The third-order valence-corrected chi connectivity index (χ3v) is 2.89. The first-order chi connectivity index (χ1) is 7.96. The quantitative estimate of drug-likeness (QED) is 0.805. The van der Waals surface area contributed by atoms with Gasteiger partial charge in [0.05, 0.1) is 5.54 Å². The molecule has 0 spiro atoms. The molecule has 17 heavy (non-hydrogen) atoms. The topological polar surface area (TPSA) is 33.6 Å². The highest BCUT2D eigenvalue weighted by atomic mass is 16.5. The average Bonchev–Trinajstić information content (AvgIpc) is 2.18. The van der Waals surface area contributed by atoms with Crippen LogP contribution in [0.4, 0.5) is 5.69 Å². The van der Waals surface area contributed by atoms with Gasteiger partial charge in [-0.3, -0.25) is 0 Å². The minimum atomic E-state index is -0.0529. The Hall–Kier alpha value is -1.51. The lowest BCUT2D eigenvalue weighted by Crippen LogP contribution is -2.37. The fraction of sp³-hybridized carbons (Fsp3) is 0.500.